The van der Waals surface area contributed by atoms with Gasteiger partial charge in [0.1, 0.15) is 0 Å². The van der Waals surface area contributed by atoms with Crippen LogP contribution in [0.4, 0.5) is 0 Å². The highest BCUT2D eigenvalue weighted by Gasteiger charge is 2.35. The van der Waals surface area contributed by atoms with Gasteiger partial charge in [-0.25, -0.2) is 0 Å². The first-order chi connectivity index (χ1) is 15.9. The number of aryl methyl sites for hydroxylation is 2. The van der Waals surface area contributed by atoms with Crippen molar-refractivity contribution < 1.29 is 4.28 Å². The first-order valence-corrected chi connectivity index (χ1v) is 13.1. The Bertz CT molecular complexity index is 1070. The molecular weight excluding hydrogens is 396 g/mol. The number of fused-ring (bicyclic) bond motifs is 3. The van der Waals surface area contributed by atoms with Crippen molar-refractivity contribution in [1.29, 1.82) is 0 Å². The number of rotatable bonds is 0. The zero-order valence-corrected chi connectivity index (χ0v) is 21.4. The van der Waals surface area contributed by atoms with Crippen molar-refractivity contribution in [1.82, 2.24) is 0 Å². The monoisotopic (exact) mass is 447 g/mol. The van der Waals surface area contributed by atoms with Crippen LogP contribution in [0.5, 0.6) is 0 Å². The molecule has 0 heteroatoms. The van der Waals surface area contributed by atoms with Gasteiger partial charge in [0.2, 0.25) is 0 Å². The fourth-order valence-corrected chi connectivity index (χ4v) is 5.95. The zero-order valence-electron chi connectivity index (χ0n) is 21.4. The molecule has 0 N–H and O–H groups in total. The zero-order chi connectivity index (χ0) is 23.4. The fourth-order valence-electron chi connectivity index (χ4n) is 5.95. The van der Waals surface area contributed by atoms with Crippen LogP contribution in [0.25, 0.3) is 0 Å². The molecule has 0 amide bonds. The van der Waals surface area contributed by atoms with Crippen molar-refractivity contribution in [2.24, 2.45) is 5.41 Å². The molecule has 0 aromatic heterocycles. The van der Waals surface area contributed by atoms with Gasteiger partial charge < -0.3 is 0 Å². The molecule has 0 heterocycles. The van der Waals surface area contributed by atoms with Crippen LogP contribution in [-0.4, -0.2) is 0 Å². The molecule has 3 aromatic carbocycles. The molecular formula is C33H48. The summed E-state index contributed by atoms with van der Waals surface area (Å²) in [6, 6.07) is 26.5. The van der Waals surface area contributed by atoms with Crippen molar-refractivity contribution in [2.45, 2.75) is 90.9 Å². The SMILES string of the molecule is CC1CCCc2ccccc21.CC1CCc2ccccc21.CC1c2ccccc2CC1(C)C.[2HH].[2HH].[2HH]. The maximum atomic E-state index is 2.36. The summed E-state index contributed by atoms with van der Waals surface area (Å²) in [5.74, 6) is 2.31. The van der Waals surface area contributed by atoms with Crippen LogP contribution in [0.1, 0.15) is 109 Å². The number of hydrogen-bond donors (Lipinski definition) is 0. The molecule has 3 atom stereocenters. The molecule has 0 fully saturated rings. The van der Waals surface area contributed by atoms with Gasteiger partial charge in [-0.2, -0.15) is 0 Å². The molecule has 0 aliphatic heterocycles. The summed E-state index contributed by atoms with van der Waals surface area (Å²) in [4.78, 5) is 0. The number of hydrogen-bond acceptors (Lipinski definition) is 0. The second-order valence-corrected chi connectivity index (χ2v) is 11.2. The first-order valence-electron chi connectivity index (χ1n) is 13.1. The predicted molar refractivity (Wildman–Crippen MR) is 150 cm³/mol. The molecule has 3 aliphatic rings. The molecule has 33 heavy (non-hydrogen) atoms. The van der Waals surface area contributed by atoms with Crippen LogP contribution < -0.4 is 0 Å². The Morgan fingerprint density at radius 2 is 1.09 bits per heavy atom. The minimum absolute atomic E-state index is 0. The van der Waals surface area contributed by atoms with Crippen LogP contribution in [0.3, 0.4) is 0 Å². The lowest BCUT2D eigenvalue weighted by atomic mass is 9.81. The third kappa shape index (κ3) is 5.43. The van der Waals surface area contributed by atoms with Gasteiger partial charge in [0.05, 0.1) is 0 Å². The van der Waals surface area contributed by atoms with E-state index in [2.05, 4.69) is 107 Å². The minimum Gasteiger partial charge on any atom is -0.0620 e. The summed E-state index contributed by atoms with van der Waals surface area (Å²) in [5, 5.41) is 0. The smallest absolute Gasteiger partial charge is 0 e. The van der Waals surface area contributed by atoms with E-state index in [4.69, 9.17) is 0 Å². The van der Waals surface area contributed by atoms with Gasteiger partial charge in [0, 0.05) is 4.28 Å². The molecule has 3 aliphatic carbocycles. The van der Waals surface area contributed by atoms with Crippen molar-refractivity contribution in [3.05, 3.63) is 106 Å². The van der Waals surface area contributed by atoms with Gasteiger partial charge in [-0.05, 0) is 95.1 Å². The van der Waals surface area contributed by atoms with Gasteiger partial charge in [-0.1, -0.05) is 107 Å². The van der Waals surface area contributed by atoms with E-state index in [0.29, 0.717) is 11.3 Å². The van der Waals surface area contributed by atoms with Crippen LogP contribution in [0.2, 0.25) is 0 Å². The van der Waals surface area contributed by atoms with Crippen LogP contribution >= 0.6 is 0 Å². The molecule has 0 saturated heterocycles. The van der Waals surface area contributed by atoms with Crippen molar-refractivity contribution in [2.75, 3.05) is 0 Å². The van der Waals surface area contributed by atoms with Crippen molar-refractivity contribution in [3.63, 3.8) is 0 Å². The van der Waals surface area contributed by atoms with Gasteiger partial charge in [-0.3, -0.25) is 0 Å². The largest absolute Gasteiger partial charge is 0.0620 e. The normalized spacial score (nSPS) is 23.7. The Kier molecular flexibility index (Phi) is 7.42. The fraction of sp³-hybridized carbons (Fsp3) is 0.455. The average Bonchev–Trinajstić information content (AvgIpc) is 3.32. The lowest BCUT2D eigenvalue weighted by Gasteiger charge is -2.23. The van der Waals surface area contributed by atoms with Gasteiger partial charge in [0.25, 0.3) is 0 Å². The lowest BCUT2D eigenvalue weighted by Crippen LogP contribution is -2.14. The van der Waals surface area contributed by atoms with Crippen LogP contribution in [0, 0.1) is 5.41 Å². The van der Waals surface area contributed by atoms with E-state index in [0.717, 1.165) is 11.8 Å². The molecule has 0 nitrogen and oxygen atoms in total. The van der Waals surface area contributed by atoms with Crippen molar-refractivity contribution >= 4 is 0 Å². The van der Waals surface area contributed by atoms with Crippen molar-refractivity contribution in [3.8, 4) is 0 Å². The van der Waals surface area contributed by atoms with E-state index >= 15 is 0 Å². The second-order valence-electron chi connectivity index (χ2n) is 11.2. The highest BCUT2D eigenvalue weighted by atomic mass is 14.4. The summed E-state index contributed by atoms with van der Waals surface area (Å²) >= 11 is 0. The van der Waals surface area contributed by atoms with Gasteiger partial charge >= 0.3 is 0 Å². The summed E-state index contributed by atoms with van der Waals surface area (Å²) in [6.07, 6.45) is 7.91. The maximum absolute atomic E-state index is 2.36. The predicted octanol–water partition coefficient (Wildman–Crippen LogP) is 9.97. The number of benzene rings is 3. The molecule has 0 spiro atoms. The van der Waals surface area contributed by atoms with E-state index in [1.807, 2.05) is 0 Å². The first kappa shape index (κ1) is 23.8. The quantitative estimate of drug-likeness (QED) is 0.321. The Morgan fingerprint density at radius 3 is 1.64 bits per heavy atom. The third-order valence-electron chi connectivity index (χ3n) is 8.44. The summed E-state index contributed by atoms with van der Waals surface area (Å²) in [5.41, 5.74) is 9.86. The molecule has 0 bridgehead atoms. The molecule has 3 aromatic rings. The Hall–Kier alpha value is -2.34. The topological polar surface area (TPSA) is 0 Å². The second kappa shape index (κ2) is 10.3. The highest BCUT2D eigenvalue weighted by Crippen LogP contribution is 2.46. The molecule has 0 radical (unpaired) electrons. The molecule has 0 saturated carbocycles. The van der Waals surface area contributed by atoms with E-state index in [-0.39, 0.29) is 4.28 Å². The average molecular weight is 448 g/mol. The Labute approximate surface area is 206 Å². The Balaban J connectivity index is 0.000000260. The highest BCUT2D eigenvalue weighted by molar-refractivity contribution is 5.37. The van der Waals surface area contributed by atoms with E-state index < -0.39 is 0 Å². The van der Waals surface area contributed by atoms with Gasteiger partial charge in [-0.15, -0.1) is 0 Å². The standard InChI is InChI=1S/C12H16.C11H14.C10H12.3H2/c1-9-11-7-5-4-6-10(11)8-12(9,2)3;1-9-5-4-7-10-6-2-3-8-11(9)10;1-8-6-7-9-4-2-3-5-10(8)9;;;/h4-7,9H,8H2,1-3H3;2-3,6,8-9H,4-5,7H2,1H3;2-5,8H,6-7H2,1H3;3*1H/i;;;3*1+1. The molecule has 3 unspecified atom stereocenters. The van der Waals surface area contributed by atoms with E-state index in [1.54, 1.807) is 33.4 Å². The maximum Gasteiger partial charge on any atom is 0 e. The van der Waals surface area contributed by atoms with E-state index in [1.165, 1.54) is 38.5 Å². The Morgan fingerprint density at radius 1 is 0.606 bits per heavy atom. The molecule has 6 rings (SSSR count). The van der Waals surface area contributed by atoms with E-state index in [9.17, 15) is 0 Å². The summed E-state index contributed by atoms with van der Waals surface area (Å²) < 4.78 is 0. The summed E-state index contributed by atoms with van der Waals surface area (Å²) in [7, 11) is 0. The van der Waals surface area contributed by atoms with Crippen LogP contribution in [0.15, 0.2) is 72.8 Å². The molecule has 180 valence electrons. The van der Waals surface area contributed by atoms with Crippen LogP contribution in [-0.2, 0) is 19.3 Å². The summed E-state index contributed by atoms with van der Waals surface area (Å²) in [6.45, 7) is 11.7. The van der Waals surface area contributed by atoms with Gasteiger partial charge in [0.15, 0.2) is 0 Å². The third-order valence-corrected chi connectivity index (χ3v) is 8.44. The minimum atomic E-state index is 0. The lowest BCUT2D eigenvalue weighted by molar-refractivity contribution is 0.330.